The average molecular weight is 315 g/mol. The molecule has 0 atom stereocenters. The fourth-order valence-electron chi connectivity index (χ4n) is 3.33. The molecule has 0 aliphatic carbocycles. The summed E-state index contributed by atoms with van der Waals surface area (Å²) in [5.74, 6) is -0.700. The van der Waals surface area contributed by atoms with Crippen molar-refractivity contribution in [3.05, 3.63) is 29.3 Å². The Kier molecular flexibility index (Phi) is 6.82. The number of aryl methyl sites for hydroxylation is 1. The van der Waals surface area contributed by atoms with Crippen LogP contribution in [0.5, 0.6) is 0 Å². The van der Waals surface area contributed by atoms with Crippen molar-refractivity contribution in [3.8, 4) is 0 Å². The highest BCUT2D eigenvalue weighted by atomic mass is 16.2. The van der Waals surface area contributed by atoms with E-state index >= 15 is 0 Å². The second-order valence-electron chi connectivity index (χ2n) is 6.59. The van der Waals surface area contributed by atoms with Crippen LogP contribution in [0.1, 0.15) is 80.6 Å². The highest BCUT2D eigenvalue weighted by Gasteiger charge is 2.36. The first kappa shape index (κ1) is 17.7. The normalized spacial score (nSPS) is 13.7. The maximum absolute atomic E-state index is 12.2. The molecule has 0 spiro atoms. The molecule has 0 saturated carbocycles. The molecule has 3 heteroatoms. The molecule has 0 fully saturated rings. The minimum absolute atomic E-state index is 0.348. The van der Waals surface area contributed by atoms with Gasteiger partial charge in [0.25, 0.3) is 11.7 Å². The van der Waals surface area contributed by atoms with Gasteiger partial charge in [0.2, 0.25) is 0 Å². The molecule has 23 heavy (non-hydrogen) atoms. The third-order valence-corrected chi connectivity index (χ3v) is 4.68. The fraction of sp³-hybridized carbons (Fsp3) is 0.600. The van der Waals surface area contributed by atoms with Gasteiger partial charge in [0.15, 0.2) is 0 Å². The number of hydrogen-bond donors (Lipinski definition) is 0. The molecule has 1 amide bonds. The zero-order valence-electron chi connectivity index (χ0n) is 14.6. The standard InChI is InChI=1S/C20H29NO2/c1-3-4-5-6-7-8-9-10-11-15-21-18-16(2)13-12-14-17(18)19(22)20(21)23/h12-14H,3-11,15H2,1-2H3. The Morgan fingerprint density at radius 1 is 0.870 bits per heavy atom. The average Bonchev–Trinajstić information content (AvgIpc) is 2.79. The van der Waals surface area contributed by atoms with Crippen LogP contribution in [0.25, 0.3) is 0 Å². The Morgan fingerprint density at radius 3 is 2.13 bits per heavy atom. The zero-order valence-corrected chi connectivity index (χ0v) is 14.6. The van der Waals surface area contributed by atoms with Crippen molar-refractivity contribution in [2.24, 2.45) is 0 Å². The van der Waals surface area contributed by atoms with E-state index in [0.29, 0.717) is 12.1 Å². The van der Waals surface area contributed by atoms with Crippen LogP contribution in [-0.4, -0.2) is 18.2 Å². The van der Waals surface area contributed by atoms with Gasteiger partial charge in [-0.3, -0.25) is 9.59 Å². The molecular weight excluding hydrogens is 286 g/mol. The van der Waals surface area contributed by atoms with E-state index in [2.05, 4.69) is 6.92 Å². The number of carbonyl (C=O) groups excluding carboxylic acids is 2. The number of para-hydroxylation sites is 1. The minimum atomic E-state index is -0.353. The van der Waals surface area contributed by atoms with Gasteiger partial charge in [-0.2, -0.15) is 0 Å². The topological polar surface area (TPSA) is 37.4 Å². The van der Waals surface area contributed by atoms with E-state index in [4.69, 9.17) is 0 Å². The molecular formula is C20H29NO2. The van der Waals surface area contributed by atoms with Crippen molar-refractivity contribution < 1.29 is 9.59 Å². The maximum atomic E-state index is 12.2. The van der Waals surface area contributed by atoms with Crippen molar-refractivity contribution in [2.45, 2.75) is 71.6 Å². The number of unbranched alkanes of at least 4 members (excludes halogenated alkanes) is 8. The van der Waals surface area contributed by atoms with Crippen LogP contribution >= 0.6 is 0 Å². The number of ketones is 1. The number of rotatable bonds is 10. The number of Topliss-reactive ketones (excluding diaryl/α,β-unsaturated/α-hetero) is 1. The van der Waals surface area contributed by atoms with Crippen LogP contribution in [0.3, 0.4) is 0 Å². The second-order valence-corrected chi connectivity index (χ2v) is 6.59. The summed E-state index contributed by atoms with van der Waals surface area (Å²) in [7, 11) is 0. The van der Waals surface area contributed by atoms with Gasteiger partial charge in [-0.05, 0) is 25.0 Å². The lowest BCUT2D eigenvalue weighted by Gasteiger charge is -2.18. The van der Waals surface area contributed by atoms with Gasteiger partial charge in [0, 0.05) is 6.54 Å². The van der Waals surface area contributed by atoms with Gasteiger partial charge >= 0.3 is 0 Å². The molecule has 2 rings (SSSR count). The number of benzene rings is 1. The molecule has 1 aliphatic heterocycles. The van der Waals surface area contributed by atoms with Crippen LogP contribution in [0.4, 0.5) is 5.69 Å². The van der Waals surface area contributed by atoms with Crippen molar-refractivity contribution in [3.63, 3.8) is 0 Å². The van der Waals surface area contributed by atoms with E-state index in [9.17, 15) is 9.59 Å². The SMILES string of the molecule is CCCCCCCCCCCN1C(=O)C(=O)c2cccc(C)c21. The first-order valence-corrected chi connectivity index (χ1v) is 9.12. The molecule has 1 heterocycles. The van der Waals surface area contributed by atoms with Crippen molar-refractivity contribution >= 4 is 17.4 Å². The monoisotopic (exact) mass is 315 g/mol. The van der Waals surface area contributed by atoms with Gasteiger partial charge in [-0.15, -0.1) is 0 Å². The molecule has 0 unspecified atom stereocenters. The molecule has 126 valence electrons. The quantitative estimate of drug-likeness (QED) is 0.447. The fourth-order valence-corrected chi connectivity index (χ4v) is 3.33. The van der Waals surface area contributed by atoms with E-state index in [1.807, 2.05) is 19.1 Å². The van der Waals surface area contributed by atoms with Gasteiger partial charge in [0.1, 0.15) is 0 Å². The van der Waals surface area contributed by atoms with E-state index < -0.39 is 0 Å². The third-order valence-electron chi connectivity index (χ3n) is 4.68. The minimum Gasteiger partial charge on any atom is -0.304 e. The molecule has 1 aliphatic rings. The summed E-state index contributed by atoms with van der Waals surface area (Å²) in [5, 5.41) is 0. The summed E-state index contributed by atoms with van der Waals surface area (Å²) in [6.07, 6.45) is 11.3. The third kappa shape index (κ3) is 4.43. The van der Waals surface area contributed by atoms with Gasteiger partial charge in [-0.25, -0.2) is 0 Å². The van der Waals surface area contributed by atoms with Crippen molar-refractivity contribution in [1.82, 2.24) is 0 Å². The predicted octanol–water partition coefficient (Wildman–Crippen LogP) is 5.06. The molecule has 3 nitrogen and oxygen atoms in total. The number of nitrogens with zero attached hydrogens (tertiary/aromatic N) is 1. The second kappa shape index (κ2) is 8.85. The summed E-state index contributed by atoms with van der Waals surface area (Å²) < 4.78 is 0. The largest absolute Gasteiger partial charge is 0.304 e. The van der Waals surface area contributed by atoms with E-state index in [1.54, 1.807) is 11.0 Å². The van der Waals surface area contributed by atoms with Crippen LogP contribution in [-0.2, 0) is 4.79 Å². The number of amides is 1. The summed E-state index contributed by atoms with van der Waals surface area (Å²) in [4.78, 5) is 25.9. The van der Waals surface area contributed by atoms with Crippen LogP contribution in [0.15, 0.2) is 18.2 Å². The maximum Gasteiger partial charge on any atom is 0.299 e. The molecule has 0 aromatic heterocycles. The summed E-state index contributed by atoms with van der Waals surface area (Å²) in [5.41, 5.74) is 2.42. The zero-order chi connectivity index (χ0) is 16.7. The van der Waals surface area contributed by atoms with E-state index in [0.717, 1.165) is 24.1 Å². The lowest BCUT2D eigenvalue weighted by molar-refractivity contribution is -0.114. The number of fused-ring (bicyclic) bond motifs is 1. The number of anilines is 1. The van der Waals surface area contributed by atoms with Crippen LogP contribution < -0.4 is 4.90 Å². The highest BCUT2D eigenvalue weighted by molar-refractivity contribution is 6.52. The summed E-state index contributed by atoms with van der Waals surface area (Å²) >= 11 is 0. The lowest BCUT2D eigenvalue weighted by Crippen LogP contribution is -2.31. The molecule has 0 saturated heterocycles. The Bertz CT molecular complexity index is 551. The van der Waals surface area contributed by atoms with Crippen LogP contribution in [0, 0.1) is 6.92 Å². The Morgan fingerprint density at radius 2 is 1.48 bits per heavy atom. The lowest BCUT2D eigenvalue weighted by atomic mass is 10.1. The molecule has 0 radical (unpaired) electrons. The summed E-state index contributed by atoms with van der Waals surface area (Å²) in [6, 6.07) is 5.58. The van der Waals surface area contributed by atoms with Crippen molar-refractivity contribution in [1.29, 1.82) is 0 Å². The van der Waals surface area contributed by atoms with Crippen LogP contribution in [0.2, 0.25) is 0 Å². The van der Waals surface area contributed by atoms with Crippen molar-refractivity contribution in [2.75, 3.05) is 11.4 Å². The number of carbonyl (C=O) groups is 2. The first-order chi connectivity index (χ1) is 11.2. The Hall–Kier alpha value is -1.64. The van der Waals surface area contributed by atoms with Gasteiger partial charge in [-0.1, -0.05) is 70.4 Å². The molecule has 1 aromatic carbocycles. The number of hydrogen-bond acceptors (Lipinski definition) is 2. The van der Waals surface area contributed by atoms with Gasteiger partial charge < -0.3 is 4.90 Å². The van der Waals surface area contributed by atoms with Gasteiger partial charge in [0.05, 0.1) is 11.3 Å². The van der Waals surface area contributed by atoms with E-state index in [-0.39, 0.29) is 11.7 Å². The Labute approximate surface area is 140 Å². The van der Waals surface area contributed by atoms with E-state index in [1.165, 1.54) is 44.9 Å². The predicted molar refractivity (Wildman–Crippen MR) is 95.1 cm³/mol. The smallest absolute Gasteiger partial charge is 0.299 e. The molecule has 0 bridgehead atoms. The molecule has 1 aromatic rings. The Balaban J connectivity index is 1.73. The molecule has 0 N–H and O–H groups in total. The highest BCUT2D eigenvalue weighted by Crippen LogP contribution is 2.32. The first-order valence-electron chi connectivity index (χ1n) is 9.12. The summed E-state index contributed by atoms with van der Waals surface area (Å²) in [6.45, 7) is 4.87.